The van der Waals surface area contributed by atoms with Crippen LogP contribution in [-0.2, 0) is 9.53 Å². The second-order valence-electron chi connectivity index (χ2n) is 7.11. The third kappa shape index (κ3) is 2.48. The van der Waals surface area contributed by atoms with Gasteiger partial charge in [0.15, 0.2) is 6.10 Å². The zero-order valence-electron chi connectivity index (χ0n) is 13.6. The highest BCUT2D eigenvalue weighted by atomic mass is 16.6. The number of benzene rings is 1. The minimum absolute atomic E-state index is 0.382. The molecule has 3 aliphatic rings. The molecule has 1 aromatic carbocycles. The molecule has 2 bridgehead atoms. The third-order valence-corrected chi connectivity index (χ3v) is 5.76. The van der Waals surface area contributed by atoms with Gasteiger partial charge < -0.3 is 14.7 Å². The Labute approximate surface area is 140 Å². The summed E-state index contributed by atoms with van der Waals surface area (Å²) < 4.78 is 4.90. The molecule has 0 spiro atoms. The van der Waals surface area contributed by atoms with Crippen molar-refractivity contribution in [2.45, 2.75) is 19.4 Å². The molecule has 1 saturated carbocycles. The Kier molecular flexibility index (Phi) is 3.59. The van der Waals surface area contributed by atoms with E-state index in [2.05, 4.69) is 17.1 Å². The number of rotatable bonds is 4. The van der Waals surface area contributed by atoms with Crippen LogP contribution < -0.4 is 4.90 Å². The summed E-state index contributed by atoms with van der Waals surface area (Å²) >= 11 is 0. The lowest BCUT2D eigenvalue weighted by atomic mass is 9.86. The van der Waals surface area contributed by atoms with Crippen molar-refractivity contribution < 1.29 is 19.4 Å². The Morgan fingerprint density at radius 1 is 1.12 bits per heavy atom. The minimum atomic E-state index is -1.15. The SMILES string of the molecule is C[C@H](OC(=O)c1ccc(N2C[C@@H]3[C@H](C2)[C@@H]2C=C[C@H]3C2)cc1)C(=O)O. The van der Waals surface area contributed by atoms with E-state index in [-0.39, 0.29) is 0 Å². The van der Waals surface area contributed by atoms with Gasteiger partial charge in [-0.2, -0.15) is 0 Å². The number of allylic oxidation sites excluding steroid dienone is 2. The number of aliphatic carboxylic acids is 1. The highest BCUT2D eigenvalue weighted by Crippen LogP contribution is 2.51. The molecule has 1 saturated heterocycles. The molecule has 0 unspecified atom stereocenters. The molecule has 2 aliphatic carbocycles. The number of ether oxygens (including phenoxy) is 1. The molecule has 5 heteroatoms. The molecule has 126 valence electrons. The van der Waals surface area contributed by atoms with Crippen LogP contribution in [0.15, 0.2) is 36.4 Å². The topological polar surface area (TPSA) is 66.8 Å². The number of hydrogen-bond donors (Lipinski definition) is 1. The molecular formula is C19H21NO4. The van der Waals surface area contributed by atoms with Crippen molar-refractivity contribution in [3.8, 4) is 0 Å². The predicted octanol–water partition coefficient (Wildman–Crippen LogP) is 2.57. The van der Waals surface area contributed by atoms with Crippen LogP contribution in [0.25, 0.3) is 0 Å². The average molecular weight is 327 g/mol. The molecule has 0 aromatic heterocycles. The number of fused-ring (bicyclic) bond motifs is 5. The lowest BCUT2D eigenvalue weighted by Crippen LogP contribution is -2.24. The Morgan fingerprint density at radius 2 is 1.71 bits per heavy atom. The first-order valence-electron chi connectivity index (χ1n) is 8.50. The Bertz CT molecular complexity index is 676. The van der Waals surface area contributed by atoms with E-state index in [0.29, 0.717) is 5.56 Å². The quantitative estimate of drug-likeness (QED) is 0.680. The highest BCUT2D eigenvalue weighted by Gasteiger charge is 2.49. The zero-order valence-corrected chi connectivity index (χ0v) is 13.6. The van der Waals surface area contributed by atoms with Gasteiger partial charge in [-0.25, -0.2) is 9.59 Å². The Hall–Kier alpha value is -2.30. The molecule has 1 aromatic rings. The van der Waals surface area contributed by atoms with Crippen molar-refractivity contribution in [2.24, 2.45) is 23.7 Å². The van der Waals surface area contributed by atoms with Gasteiger partial charge in [0.05, 0.1) is 5.56 Å². The van der Waals surface area contributed by atoms with Crippen molar-refractivity contribution in [1.29, 1.82) is 0 Å². The van der Waals surface area contributed by atoms with Crippen LogP contribution in [0.2, 0.25) is 0 Å². The maximum Gasteiger partial charge on any atom is 0.344 e. The molecule has 0 radical (unpaired) electrons. The van der Waals surface area contributed by atoms with Crippen LogP contribution in [0.5, 0.6) is 0 Å². The van der Waals surface area contributed by atoms with Crippen LogP contribution in [-0.4, -0.2) is 36.2 Å². The van der Waals surface area contributed by atoms with E-state index in [0.717, 1.165) is 42.4 Å². The summed E-state index contributed by atoms with van der Waals surface area (Å²) in [6.45, 7) is 3.51. The predicted molar refractivity (Wildman–Crippen MR) is 88.9 cm³/mol. The lowest BCUT2D eigenvalue weighted by Gasteiger charge is -2.21. The summed E-state index contributed by atoms with van der Waals surface area (Å²) in [5.41, 5.74) is 1.50. The number of carbonyl (C=O) groups excluding carboxylic acids is 1. The Morgan fingerprint density at radius 3 is 2.25 bits per heavy atom. The van der Waals surface area contributed by atoms with Crippen molar-refractivity contribution >= 4 is 17.6 Å². The first-order valence-corrected chi connectivity index (χ1v) is 8.50. The number of nitrogens with zero attached hydrogens (tertiary/aromatic N) is 1. The molecule has 4 rings (SSSR count). The first-order chi connectivity index (χ1) is 11.5. The van der Waals surface area contributed by atoms with Gasteiger partial charge in [0.2, 0.25) is 0 Å². The highest BCUT2D eigenvalue weighted by molar-refractivity contribution is 5.91. The summed E-state index contributed by atoms with van der Waals surface area (Å²) in [7, 11) is 0. The molecule has 2 fully saturated rings. The van der Waals surface area contributed by atoms with Crippen molar-refractivity contribution in [3.05, 3.63) is 42.0 Å². The summed E-state index contributed by atoms with van der Waals surface area (Å²) in [5.74, 6) is 1.28. The van der Waals surface area contributed by atoms with Gasteiger partial charge in [0.25, 0.3) is 0 Å². The van der Waals surface area contributed by atoms with E-state index < -0.39 is 18.0 Å². The standard InChI is InChI=1S/C19H21NO4/c1-11(18(21)22)24-19(23)12-4-6-15(7-5-12)20-9-16-13-2-3-14(8-13)17(16)10-20/h2-7,11,13-14,16-17H,8-10H2,1H3,(H,21,22)/t11-,13-,14+,16-,17+/m0/s1. The summed E-state index contributed by atoms with van der Waals surface area (Å²) in [4.78, 5) is 25.1. The molecule has 1 N–H and O–H groups in total. The third-order valence-electron chi connectivity index (χ3n) is 5.76. The molecular weight excluding hydrogens is 306 g/mol. The van der Waals surface area contributed by atoms with Crippen LogP contribution in [0.4, 0.5) is 5.69 Å². The van der Waals surface area contributed by atoms with Gasteiger partial charge in [-0.05, 0) is 61.3 Å². The molecule has 5 atom stereocenters. The van der Waals surface area contributed by atoms with E-state index in [1.807, 2.05) is 12.1 Å². The van der Waals surface area contributed by atoms with E-state index >= 15 is 0 Å². The van der Waals surface area contributed by atoms with E-state index in [1.165, 1.54) is 13.3 Å². The first kappa shape index (κ1) is 15.2. The maximum atomic E-state index is 11.9. The molecule has 5 nitrogen and oxygen atoms in total. The zero-order chi connectivity index (χ0) is 16.8. The van der Waals surface area contributed by atoms with Crippen molar-refractivity contribution in [2.75, 3.05) is 18.0 Å². The number of carboxylic acid groups (broad SMARTS) is 1. The monoisotopic (exact) mass is 327 g/mol. The Balaban J connectivity index is 1.42. The van der Waals surface area contributed by atoms with Gasteiger partial charge in [-0.3, -0.25) is 0 Å². The van der Waals surface area contributed by atoms with E-state index in [4.69, 9.17) is 9.84 Å². The van der Waals surface area contributed by atoms with Crippen molar-refractivity contribution in [1.82, 2.24) is 0 Å². The minimum Gasteiger partial charge on any atom is -0.479 e. The van der Waals surface area contributed by atoms with Crippen LogP contribution in [0.1, 0.15) is 23.7 Å². The second kappa shape index (κ2) is 5.65. The summed E-state index contributed by atoms with van der Waals surface area (Å²) in [6, 6.07) is 7.29. The van der Waals surface area contributed by atoms with E-state index in [9.17, 15) is 9.59 Å². The fourth-order valence-electron chi connectivity index (χ4n) is 4.45. The maximum absolute atomic E-state index is 11.9. The lowest BCUT2D eigenvalue weighted by molar-refractivity contribution is -0.146. The fraction of sp³-hybridized carbons (Fsp3) is 0.474. The number of hydrogen-bond acceptors (Lipinski definition) is 4. The van der Waals surface area contributed by atoms with Gasteiger partial charge in [-0.1, -0.05) is 12.2 Å². The molecule has 1 aliphatic heterocycles. The van der Waals surface area contributed by atoms with Crippen LogP contribution in [0, 0.1) is 23.7 Å². The number of esters is 1. The van der Waals surface area contributed by atoms with Gasteiger partial charge in [-0.15, -0.1) is 0 Å². The molecule has 0 amide bonds. The number of anilines is 1. The van der Waals surface area contributed by atoms with Gasteiger partial charge in [0.1, 0.15) is 0 Å². The average Bonchev–Trinajstić information content (AvgIpc) is 3.27. The number of carbonyl (C=O) groups is 2. The largest absolute Gasteiger partial charge is 0.479 e. The smallest absolute Gasteiger partial charge is 0.344 e. The van der Waals surface area contributed by atoms with Gasteiger partial charge >= 0.3 is 11.9 Å². The summed E-state index contributed by atoms with van der Waals surface area (Å²) in [5, 5.41) is 8.80. The van der Waals surface area contributed by atoms with Gasteiger partial charge in [0, 0.05) is 18.8 Å². The fourth-order valence-corrected chi connectivity index (χ4v) is 4.45. The normalized spacial score (nSPS) is 31.1. The molecule has 24 heavy (non-hydrogen) atoms. The molecule has 1 heterocycles. The number of carboxylic acids is 1. The van der Waals surface area contributed by atoms with Crippen molar-refractivity contribution in [3.63, 3.8) is 0 Å². The van der Waals surface area contributed by atoms with E-state index in [1.54, 1.807) is 12.1 Å². The van der Waals surface area contributed by atoms with Crippen LogP contribution in [0.3, 0.4) is 0 Å². The second-order valence-corrected chi connectivity index (χ2v) is 7.11. The summed E-state index contributed by atoms with van der Waals surface area (Å²) in [6.07, 6.45) is 4.96. The van der Waals surface area contributed by atoms with Crippen LogP contribution >= 0.6 is 0 Å².